The van der Waals surface area contributed by atoms with Crippen molar-refractivity contribution in [2.75, 3.05) is 65.3 Å². The van der Waals surface area contributed by atoms with E-state index in [0.29, 0.717) is 64.9 Å². The van der Waals surface area contributed by atoms with E-state index in [9.17, 15) is 9.90 Å². The van der Waals surface area contributed by atoms with Gasteiger partial charge in [-0.3, -0.25) is 24.2 Å². The molecule has 7 atom stereocenters. The fraction of sp³-hybridized carbons (Fsp3) is 0.317. The number of aliphatic hydroxyl groups is 1. The number of hydrogen-bond donors (Lipinski definition) is 2. The van der Waals surface area contributed by atoms with Gasteiger partial charge in [0.2, 0.25) is 18.6 Å². The lowest BCUT2D eigenvalue weighted by molar-refractivity contribution is -0.179. The molecule has 0 unspecified atom stereocenters. The normalized spacial score (nSPS) is 22.4. The number of nitrogens with one attached hydrogen (secondary N) is 1. The molecule has 3 fully saturated rings. The highest BCUT2D eigenvalue weighted by atomic mass is 16.7. The largest absolute Gasteiger partial charge is 0.497 e. The number of esters is 2. The molecule has 2 N–H and O–H groups in total. The average molecular weight is 1080 g/mol. The SMILES string of the molecule is COC(=O)[C@@H](NC(=O)N1C(=O)[C@@]2(c3cc(C#Cc4ccc(OC)cc4)ccc31)[C@H](c1cccc(OCCO)c1)N1[C@H](c3ccccc3)[C@H](c3ccccc3)OC(=O)[C@H]1[C@@H]2C(=O)N1CCN(Cc2ccc3c(c2)OCO3)CC1)C(C)C. The van der Waals surface area contributed by atoms with E-state index >= 15 is 19.2 Å². The Labute approximate surface area is 463 Å². The number of morpholine rings is 1. The number of hydrogen-bond acceptors (Lipinski definition) is 14. The maximum Gasteiger partial charge on any atom is 0.329 e. The number of anilines is 1. The van der Waals surface area contributed by atoms with Gasteiger partial charge in [0.15, 0.2) is 11.5 Å². The highest BCUT2D eigenvalue weighted by Crippen LogP contribution is 2.66. The van der Waals surface area contributed by atoms with Crippen molar-refractivity contribution in [3.63, 3.8) is 0 Å². The highest BCUT2D eigenvalue weighted by molar-refractivity contribution is 6.25. The number of cyclic esters (lactones) is 1. The first-order chi connectivity index (χ1) is 38.9. The van der Waals surface area contributed by atoms with Crippen molar-refractivity contribution in [2.45, 2.75) is 56.1 Å². The van der Waals surface area contributed by atoms with Crippen molar-refractivity contribution in [3.05, 3.63) is 185 Å². The summed E-state index contributed by atoms with van der Waals surface area (Å²) in [5, 5.41) is 12.8. The van der Waals surface area contributed by atoms with Gasteiger partial charge in [0.1, 0.15) is 41.7 Å². The van der Waals surface area contributed by atoms with Gasteiger partial charge in [-0.05, 0) is 100 Å². The summed E-state index contributed by atoms with van der Waals surface area (Å²) in [7, 11) is 2.80. The number of carbonyl (C=O) groups is 5. The topological polar surface area (TPSA) is 186 Å². The second-order valence-electron chi connectivity index (χ2n) is 20.7. The van der Waals surface area contributed by atoms with E-state index in [1.54, 1.807) is 74.4 Å². The molecule has 11 rings (SSSR count). The van der Waals surface area contributed by atoms with Crippen molar-refractivity contribution >= 4 is 35.5 Å². The lowest BCUT2D eigenvalue weighted by Gasteiger charge is -2.46. The first kappa shape index (κ1) is 53.3. The first-order valence-electron chi connectivity index (χ1n) is 26.8. The molecule has 1 spiro atoms. The molecule has 0 radical (unpaired) electrons. The monoisotopic (exact) mass is 1080 g/mol. The van der Waals surface area contributed by atoms with E-state index in [-0.39, 0.29) is 44.3 Å². The van der Waals surface area contributed by atoms with Crippen molar-refractivity contribution in [1.82, 2.24) is 20.0 Å². The van der Waals surface area contributed by atoms with Gasteiger partial charge in [-0.25, -0.2) is 14.5 Å². The highest BCUT2D eigenvalue weighted by Gasteiger charge is 2.76. The van der Waals surface area contributed by atoms with Crippen LogP contribution in [0.5, 0.6) is 23.0 Å². The van der Waals surface area contributed by atoms with Gasteiger partial charge in [0.25, 0.3) is 0 Å². The molecule has 6 aromatic carbocycles. The van der Waals surface area contributed by atoms with Gasteiger partial charge in [-0.1, -0.05) is 105 Å². The van der Waals surface area contributed by atoms with Gasteiger partial charge in [-0.15, -0.1) is 0 Å². The number of amides is 4. The van der Waals surface area contributed by atoms with Crippen LogP contribution in [0, 0.1) is 23.7 Å². The number of carbonyl (C=O) groups excluding carboxylic acids is 5. The van der Waals surface area contributed by atoms with Crippen LogP contribution >= 0.6 is 0 Å². The summed E-state index contributed by atoms with van der Waals surface area (Å²) in [4.78, 5) is 85.2. The summed E-state index contributed by atoms with van der Waals surface area (Å²) < 4.78 is 34.6. The minimum absolute atomic E-state index is 0.0500. The van der Waals surface area contributed by atoms with Gasteiger partial charge < -0.3 is 43.7 Å². The second-order valence-corrected chi connectivity index (χ2v) is 20.7. The van der Waals surface area contributed by atoms with Gasteiger partial charge >= 0.3 is 18.0 Å². The molecule has 0 saturated carbocycles. The molecule has 0 aromatic heterocycles. The standard InChI is InChI=1S/C63H61N5O12/c1-39(2)53(59(71)76-4)64-62(74)67-49-26-22-41(19-18-40-20-24-46(75-3)25-21-40)34-48(49)63(61(67)73)52(58(70)66-30-28-65(29-31-66)37-42-23-27-50-51(35-42)79-38-78-50)55-60(72)80-56(44-14-9-6-10-15-44)54(43-12-7-5-8-13-43)68(55)57(63)45-16-11-17-47(36-45)77-33-32-69/h5-17,20-27,34-36,39,52-57,69H,28-33,37-38H2,1-4H3,(H,64,74)/t52-,53+,54-,55-,56+,57+,63-/m1/s1. The molecular formula is C63H61N5O12. The zero-order valence-corrected chi connectivity index (χ0v) is 44.8. The number of aliphatic hydroxyl groups excluding tert-OH is 1. The molecule has 5 aliphatic heterocycles. The predicted molar refractivity (Wildman–Crippen MR) is 294 cm³/mol. The van der Waals surface area contributed by atoms with Crippen LogP contribution in [-0.4, -0.2) is 122 Å². The fourth-order valence-electron chi connectivity index (χ4n) is 12.2. The summed E-state index contributed by atoms with van der Waals surface area (Å²) in [5.74, 6) is 4.07. The minimum atomic E-state index is -2.12. The van der Waals surface area contributed by atoms with Gasteiger partial charge in [0, 0.05) is 43.9 Å². The van der Waals surface area contributed by atoms with Crippen LogP contribution in [0.4, 0.5) is 10.5 Å². The average Bonchev–Trinajstić information content (AvgIpc) is 4.08. The maximum absolute atomic E-state index is 17.0. The van der Waals surface area contributed by atoms with E-state index in [2.05, 4.69) is 22.1 Å². The number of imide groups is 1. The van der Waals surface area contributed by atoms with E-state index < -0.39 is 77.3 Å². The van der Waals surface area contributed by atoms with Crippen LogP contribution in [0.15, 0.2) is 146 Å². The molecule has 5 aliphatic rings. The Kier molecular flexibility index (Phi) is 15.0. The third-order valence-corrected chi connectivity index (χ3v) is 15.8. The number of benzene rings is 6. The molecule has 3 saturated heterocycles. The number of urea groups is 1. The molecule has 17 nitrogen and oxygen atoms in total. The zero-order chi connectivity index (χ0) is 55.7. The zero-order valence-electron chi connectivity index (χ0n) is 44.8. The molecule has 17 heteroatoms. The minimum Gasteiger partial charge on any atom is -0.497 e. The molecule has 0 aliphatic carbocycles. The summed E-state index contributed by atoms with van der Waals surface area (Å²) in [6, 6.07) is 38.5. The van der Waals surface area contributed by atoms with Crippen LogP contribution in [0.1, 0.15) is 71.0 Å². The first-order valence-corrected chi connectivity index (χ1v) is 26.8. The van der Waals surface area contributed by atoms with Gasteiger partial charge in [0.05, 0.1) is 44.5 Å². The Hall–Kier alpha value is -8.69. The lowest BCUT2D eigenvalue weighted by Crippen LogP contribution is -2.59. The van der Waals surface area contributed by atoms with Crippen molar-refractivity contribution in [3.8, 4) is 34.8 Å². The third kappa shape index (κ3) is 9.73. The molecule has 5 heterocycles. The Bertz CT molecular complexity index is 3380. The Balaban J connectivity index is 1.14. The Morgan fingerprint density at radius 3 is 2.12 bits per heavy atom. The molecule has 410 valence electrons. The number of rotatable bonds is 13. The van der Waals surface area contributed by atoms with E-state index in [4.69, 9.17) is 28.4 Å². The fourth-order valence-corrected chi connectivity index (χ4v) is 12.2. The summed E-state index contributed by atoms with van der Waals surface area (Å²) in [5.41, 5.74) is 2.26. The molecular weight excluding hydrogens is 1020 g/mol. The smallest absolute Gasteiger partial charge is 0.329 e. The third-order valence-electron chi connectivity index (χ3n) is 15.8. The van der Waals surface area contributed by atoms with Gasteiger partial charge in [-0.2, -0.15) is 0 Å². The van der Waals surface area contributed by atoms with Crippen molar-refractivity contribution in [1.29, 1.82) is 0 Å². The van der Waals surface area contributed by atoms with E-state index in [1.165, 1.54) is 7.11 Å². The number of methoxy groups -OCH3 is 2. The van der Waals surface area contributed by atoms with Crippen molar-refractivity contribution in [2.24, 2.45) is 11.8 Å². The number of piperazine rings is 1. The lowest BCUT2D eigenvalue weighted by atomic mass is 9.64. The Morgan fingerprint density at radius 2 is 1.43 bits per heavy atom. The van der Waals surface area contributed by atoms with Crippen LogP contribution in [-0.2, 0) is 40.6 Å². The number of nitrogens with zero attached hydrogens (tertiary/aromatic N) is 4. The maximum atomic E-state index is 17.0. The van der Waals surface area contributed by atoms with Crippen LogP contribution < -0.4 is 29.2 Å². The summed E-state index contributed by atoms with van der Waals surface area (Å²) in [6.45, 7) is 5.22. The summed E-state index contributed by atoms with van der Waals surface area (Å²) in [6.07, 6.45) is -0.965. The molecule has 6 aromatic rings. The van der Waals surface area contributed by atoms with Crippen LogP contribution in [0.2, 0.25) is 0 Å². The van der Waals surface area contributed by atoms with E-state index in [0.717, 1.165) is 16.0 Å². The van der Waals surface area contributed by atoms with Crippen LogP contribution in [0.3, 0.4) is 0 Å². The predicted octanol–water partition coefficient (Wildman–Crippen LogP) is 7.11. The molecule has 80 heavy (non-hydrogen) atoms. The Morgan fingerprint density at radius 1 is 0.738 bits per heavy atom. The summed E-state index contributed by atoms with van der Waals surface area (Å²) >= 11 is 0. The number of ether oxygens (including phenoxy) is 6. The number of fused-ring (bicyclic) bond motifs is 4. The quantitative estimate of drug-likeness (QED) is 0.0881. The van der Waals surface area contributed by atoms with Crippen LogP contribution in [0.25, 0.3) is 0 Å². The molecule has 4 amide bonds. The van der Waals surface area contributed by atoms with Crippen molar-refractivity contribution < 1.29 is 57.5 Å². The second kappa shape index (κ2) is 22.6. The molecule has 0 bridgehead atoms. The van der Waals surface area contributed by atoms with E-state index in [1.807, 2.05) is 102 Å².